The quantitative estimate of drug-likeness (QED) is 0.693. The fourth-order valence-electron chi connectivity index (χ4n) is 3.20. The van der Waals surface area contributed by atoms with Crippen LogP contribution in [0.5, 0.6) is 0 Å². The van der Waals surface area contributed by atoms with E-state index in [1.54, 1.807) is 6.20 Å². The molecule has 0 unspecified atom stereocenters. The van der Waals surface area contributed by atoms with Gasteiger partial charge in [0.25, 0.3) is 0 Å². The molecule has 0 spiro atoms. The number of hydrogen-bond donors (Lipinski definition) is 2. The van der Waals surface area contributed by atoms with E-state index in [9.17, 15) is 0 Å². The first kappa shape index (κ1) is 17.1. The number of unbranched alkanes of at least 4 members (excludes halogenated alkanes) is 1. The Morgan fingerprint density at radius 2 is 1.75 bits per heavy atom. The van der Waals surface area contributed by atoms with E-state index in [4.69, 9.17) is 0 Å². The second-order valence-electron chi connectivity index (χ2n) is 6.57. The predicted molar refractivity (Wildman–Crippen MR) is 97.7 cm³/mol. The molecule has 1 aliphatic heterocycles. The van der Waals surface area contributed by atoms with Crippen LogP contribution in [0.3, 0.4) is 0 Å². The van der Waals surface area contributed by atoms with Crippen molar-refractivity contribution in [3.8, 4) is 0 Å². The van der Waals surface area contributed by atoms with Crippen molar-refractivity contribution in [2.24, 2.45) is 0 Å². The highest BCUT2D eigenvalue weighted by atomic mass is 15.3. The highest BCUT2D eigenvalue weighted by Gasteiger charge is 2.16. The monoisotopic (exact) mass is 327 g/mol. The Balaban J connectivity index is 1.22. The first-order valence-electron chi connectivity index (χ1n) is 9.08. The molecule has 1 fully saturated rings. The van der Waals surface area contributed by atoms with Crippen LogP contribution in [0.4, 0.5) is 0 Å². The van der Waals surface area contributed by atoms with Gasteiger partial charge in [0.05, 0.1) is 0 Å². The third-order valence-corrected chi connectivity index (χ3v) is 4.67. The number of rotatable bonds is 9. The van der Waals surface area contributed by atoms with E-state index in [2.05, 4.69) is 55.6 Å². The zero-order valence-corrected chi connectivity index (χ0v) is 14.5. The Kier molecular flexibility index (Phi) is 6.83. The van der Waals surface area contributed by atoms with Crippen molar-refractivity contribution in [1.29, 1.82) is 0 Å². The molecule has 5 nitrogen and oxygen atoms in total. The lowest BCUT2D eigenvalue weighted by Crippen LogP contribution is -2.46. The van der Waals surface area contributed by atoms with Crippen molar-refractivity contribution < 1.29 is 0 Å². The normalized spacial score (nSPS) is 16.5. The molecule has 1 aromatic carbocycles. The molecule has 3 rings (SSSR count). The first-order chi connectivity index (χ1) is 11.9. The van der Waals surface area contributed by atoms with Gasteiger partial charge in [-0.05, 0) is 37.6 Å². The number of nitrogens with one attached hydrogen (secondary N) is 2. The predicted octanol–water partition coefficient (Wildman–Crippen LogP) is 2.10. The van der Waals surface area contributed by atoms with E-state index in [1.165, 1.54) is 51.1 Å². The van der Waals surface area contributed by atoms with E-state index in [0.29, 0.717) is 0 Å². The number of nitrogens with zero attached hydrogens (tertiary/aromatic N) is 3. The molecule has 2 N–H and O–H groups in total. The van der Waals surface area contributed by atoms with Crippen LogP contribution in [-0.2, 0) is 13.1 Å². The van der Waals surface area contributed by atoms with Gasteiger partial charge in [0.2, 0.25) is 0 Å². The van der Waals surface area contributed by atoms with E-state index < -0.39 is 0 Å². The van der Waals surface area contributed by atoms with E-state index in [0.717, 1.165) is 25.3 Å². The average Bonchev–Trinajstić information content (AvgIpc) is 3.14. The number of H-pyrrole nitrogens is 1. The van der Waals surface area contributed by atoms with Crippen LogP contribution < -0.4 is 5.32 Å². The minimum absolute atomic E-state index is 0.887. The molecular formula is C19H29N5. The summed E-state index contributed by atoms with van der Waals surface area (Å²) in [6.45, 7) is 9.06. The van der Waals surface area contributed by atoms with Gasteiger partial charge in [0.1, 0.15) is 0 Å². The maximum Gasteiger partial charge on any atom is 0.0490 e. The molecule has 5 heteroatoms. The number of aromatic nitrogens is 2. The lowest BCUT2D eigenvalue weighted by molar-refractivity contribution is 0.125. The molecule has 2 heterocycles. The molecule has 130 valence electrons. The lowest BCUT2D eigenvalue weighted by atomic mass is 10.2. The number of benzene rings is 1. The molecule has 0 bridgehead atoms. The van der Waals surface area contributed by atoms with Crippen molar-refractivity contribution >= 4 is 0 Å². The molecule has 1 aliphatic rings. The van der Waals surface area contributed by atoms with Crippen molar-refractivity contribution in [1.82, 2.24) is 25.3 Å². The van der Waals surface area contributed by atoms with Crippen molar-refractivity contribution in [3.05, 3.63) is 53.9 Å². The summed E-state index contributed by atoms with van der Waals surface area (Å²) < 4.78 is 0. The van der Waals surface area contributed by atoms with Crippen LogP contribution in [-0.4, -0.2) is 59.3 Å². The lowest BCUT2D eigenvalue weighted by Gasteiger charge is -2.34. The minimum Gasteiger partial charge on any atom is -0.311 e. The van der Waals surface area contributed by atoms with Crippen molar-refractivity contribution in [2.45, 2.75) is 25.9 Å². The van der Waals surface area contributed by atoms with Crippen LogP contribution >= 0.6 is 0 Å². The van der Waals surface area contributed by atoms with E-state index in [1.807, 2.05) is 6.07 Å². The van der Waals surface area contributed by atoms with Gasteiger partial charge in [-0.3, -0.25) is 10.00 Å². The summed E-state index contributed by atoms with van der Waals surface area (Å²) in [4.78, 5) is 5.17. The van der Waals surface area contributed by atoms with Gasteiger partial charge < -0.3 is 10.2 Å². The van der Waals surface area contributed by atoms with Crippen LogP contribution in [0.15, 0.2) is 42.6 Å². The van der Waals surface area contributed by atoms with Gasteiger partial charge in [-0.15, -0.1) is 0 Å². The Bertz CT molecular complexity index is 546. The molecule has 1 aromatic heterocycles. The van der Waals surface area contributed by atoms with Gasteiger partial charge in [-0.1, -0.05) is 30.3 Å². The van der Waals surface area contributed by atoms with Gasteiger partial charge >= 0.3 is 0 Å². The minimum atomic E-state index is 0.887. The Morgan fingerprint density at radius 3 is 2.50 bits per heavy atom. The summed E-state index contributed by atoms with van der Waals surface area (Å²) in [6.07, 6.45) is 4.31. The summed E-state index contributed by atoms with van der Waals surface area (Å²) in [6, 6.07) is 12.8. The second kappa shape index (κ2) is 9.57. The zero-order chi connectivity index (χ0) is 16.5. The smallest absolute Gasteiger partial charge is 0.0490 e. The number of piperazine rings is 1. The van der Waals surface area contributed by atoms with Gasteiger partial charge in [-0.25, -0.2) is 0 Å². The summed E-state index contributed by atoms with van der Waals surface area (Å²) in [7, 11) is 0. The third-order valence-electron chi connectivity index (χ3n) is 4.67. The average molecular weight is 327 g/mol. The summed E-state index contributed by atoms with van der Waals surface area (Å²) in [5, 5.41) is 10.4. The van der Waals surface area contributed by atoms with Crippen LogP contribution in [0.25, 0.3) is 0 Å². The molecule has 2 aromatic rings. The Labute approximate surface area is 145 Å². The fourth-order valence-corrected chi connectivity index (χ4v) is 3.20. The van der Waals surface area contributed by atoms with Gasteiger partial charge in [0, 0.05) is 51.2 Å². The second-order valence-corrected chi connectivity index (χ2v) is 6.57. The van der Waals surface area contributed by atoms with Crippen LogP contribution in [0, 0.1) is 0 Å². The number of aromatic amines is 1. The maximum atomic E-state index is 3.96. The first-order valence-corrected chi connectivity index (χ1v) is 9.08. The molecule has 0 amide bonds. The topological polar surface area (TPSA) is 47.2 Å². The molecule has 24 heavy (non-hydrogen) atoms. The third kappa shape index (κ3) is 5.74. The van der Waals surface area contributed by atoms with Gasteiger partial charge in [-0.2, -0.15) is 5.10 Å². The van der Waals surface area contributed by atoms with Crippen molar-refractivity contribution in [2.75, 3.05) is 39.3 Å². The van der Waals surface area contributed by atoms with E-state index in [-0.39, 0.29) is 0 Å². The summed E-state index contributed by atoms with van der Waals surface area (Å²) in [5.41, 5.74) is 2.58. The molecule has 0 atom stereocenters. The molecule has 0 radical (unpaired) electrons. The maximum absolute atomic E-state index is 3.96. The molecule has 0 aliphatic carbocycles. The molecule has 1 saturated heterocycles. The fraction of sp³-hybridized carbons (Fsp3) is 0.526. The number of hydrogen-bond acceptors (Lipinski definition) is 4. The standard InChI is InChI=1S/C19H29N5/c1-2-6-18(7-3-1)17-24-14-12-23(13-15-24)11-5-4-9-20-16-19-8-10-21-22-19/h1-3,6-8,10,20H,4-5,9,11-17H2,(H,21,22). The largest absolute Gasteiger partial charge is 0.311 e. The highest BCUT2D eigenvalue weighted by molar-refractivity contribution is 5.14. The highest BCUT2D eigenvalue weighted by Crippen LogP contribution is 2.09. The zero-order valence-electron chi connectivity index (χ0n) is 14.5. The van der Waals surface area contributed by atoms with Crippen LogP contribution in [0.1, 0.15) is 24.1 Å². The molecular weight excluding hydrogens is 298 g/mol. The Hall–Kier alpha value is -1.69. The molecule has 0 saturated carbocycles. The summed E-state index contributed by atoms with van der Waals surface area (Å²) >= 11 is 0. The van der Waals surface area contributed by atoms with Crippen LogP contribution in [0.2, 0.25) is 0 Å². The summed E-state index contributed by atoms with van der Waals surface area (Å²) in [5.74, 6) is 0. The SMILES string of the molecule is c1ccc(CN2CCN(CCCCNCc3ccn[nH]3)CC2)cc1. The van der Waals surface area contributed by atoms with Gasteiger partial charge in [0.15, 0.2) is 0 Å². The van der Waals surface area contributed by atoms with E-state index >= 15 is 0 Å². The van der Waals surface area contributed by atoms with Crippen molar-refractivity contribution in [3.63, 3.8) is 0 Å². The Morgan fingerprint density at radius 1 is 0.958 bits per heavy atom.